The van der Waals surface area contributed by atoms with Gasteiger partial charge >= 0.3 is 0 Å². The van der Waals surface area contributed by atoms with Crippen LogP contribution in [0.1, 0.15) is 19.8 Å². The predicted molar refractivity (Wildman–Crippen MR) is 62.8 cm³/mol. The van der Waals surface area contributed by atoms with E-state index < -0.39 is 0 Å². The van der Waals surface area contributed by atoms with Crippen LogP contribution in [0.2, 0.25) is 0 Å². The van der Waals surface area contributed by atoms with Crippen LogP contribution in [0, 0.1) is 0 Å². The molecule has 88 valence electrons. The molecule has 1 saturated heterocycles. The van der Waals surface area contributed by atoms with Crippen molar-refractivity contribution in [2.24, 2.45) is 0 Å². The standard InChI is InChI=1S/C12H18N2O2/c1-9-7-10(5-6-16-9)14-12-4-3-11(15-2)8-13-12/h3-4,8-10H,5-7H2,1-2H3,(H,13,14). The predicted octanol–water partition coefficient (Wildman–Crippen LogP) is 2.07. The third kappa shape index (κ3) is 2.85. The first-order valence-corrected chi connectivity index (χ1v) is 5.66. The Morgan fingerprint density at radius 2 is 2.38 bits per heavy atom. The normalized spacial score (nSPS) is 25.1. The smallest absolute Gasteiger partial charge is 0.137 e. The van der Waals surface area contributed by atoms with Crippen LogP contribution in [0.15, 0.2) is 18.3 Å². The minimum absolute atomic E-state index is 0.337. The highest BCUT2D eigenvalue weighted by Crippen LogP contribution is 2.18. The first-order valence-electron chi connectivity index (χ1n) is 5.66. The molecule has 0 aromatic carbocycles. The number of hydrogen-bond donors (Lipinski definition) is 1. The molecule has 1 fully saturated rings. The number of rotatable bonds is 3. The third-order valence-electron chi connectivity index (χ3n) is 2.81. The number of methoxy groups -OCH3 is 1. The zero-order chi connectivity index (χ0) is 11.4. The van der Waals surface area contributed by atoms with E-state index in [1.807, 2.05) is 12.1 Å². The lowest BCUT2D eigenvalue weighted by Gasteiger charge is -2.28. The number of aromatic nitrogens is 1. The number of nitrogens with one attached hydrogen (secondary N) is 1. The van der Waals surface area contributed by atoms with E-state index in [1.54, 1.807) is 13.3 Å². The molecule has 1 N–H and O–H groups in total. The van der Waals surface area contributed by atoms with Gasteiger partial charge in [0.05, 0.1) is 19.4 Å². The highest BCUT2D eigenvalue weighted by Gasteiger charge is 2.19. The van der Waals surface area contributed by atoms with Gasteiger partial charge in [-0.1, -0.05) is 0 Å². The van der Waals surface area contributed by atoms with Gasteiger partial charge in [-0.25, -0.2) is 4.98 Å². The molecule has 0 saturated carbocycles. The van der Waals surface area contributed by atoms with Crippen molar-refractivity contribution in [1.82, 2.24) is 4.98 Å². The van der Waals surface area contributed by atoms with E-state index in [0.29, 0.717) is 12.1 Å². The Labute approximate surface area is 96.0 Å². The summed E-state index contributed by atoms with van der Waals surface area (Å²) < 4.78 is 10.6. The molecule has 2 rings (SSSR count). The molecule has 0 bridgehead atoms. The topological polar surface area (TPSA) is 43.4 Å². The molecule has 1 aromatic rings. The number of hydrogen-bond acceptors (Lipinski definition) is 4. The van der Waals surface area contributed by atoms with E-state index in [0.717, 1.165) is 31.0 Å². The van der Waals surface area contributed by atoms with E-state index in [-0.39, 0.29) is 0 Å². The lowest BCUT2D eigenvalue weighted by Crippen LogP contribution is -2.32. The van der Waals surface area contributed by atoms with Gasteiger partial charge in [-0.3, -0.25) is 0 Å². The Hall–Kier alpha value is -1.29. The number of nitrogens with zero attached hydrogens (tertiary/aromatic N) is 1. The Kier molecular flexibility index (Phi) is 3.62. The molecule has 2 heterocycles. The molecule has 0 radical (unpaired) electrons. The summed E-state index contributed by atoms with van der Waals surface area (Å²) in [6.07, 6.45) is 4.14. The molecule has 1 aromatic heterocycles. The summed E-state index contributed by atoms with van der Waals surface area (Å²) in [5, 5.41) is 3.42. The molecule has 2 unspecified atom stereocenters. The van der Waals surface area contributed by atoms with Crippen molar-refractivity contribution >= 4 is 5.82 Å². The maximum absolute atomic E-state index is 5.50. The first kappa shape index (κ1) is 11.2. The van der Waals surface area contributed by atoms with Gasteiger partial charge < -0.3 is 14.8 Å². The second kappa shape index (κ2) is 5.16. The lowest BCUT2D eigenvalue weighted by atomic mass is 10.0. The van der Waals surface area contributed by atoms with E-state index in [2.05, 4.69) is 17.2 Å². The van der Waals surface area contributed by atoms with Gasteiger partial charge in [0, 0.05) is 12.6 Å². The molecular weight excluding hydrogens is 204 g/mol. The zero-order valence-corrected chi connectivity index (χ0v) is 9.77. The SMILES string of the molecule is COc1ccc(NC2CCOC(C)C2)nc1. The van der Waals surface area contributed by atoms with E-state index in [1.165, 1.54) is 0 Å². The van der Waals surface area contributed by atoms with Gasteiger partial charge in [-0.15, -0.1) is 0 Å². The fourth-order valence-electron chi connectivity index (χ4n) is 1.92. The average molecular weight is 222 g/mol. The second-order valence-corrected chi connectivity index (χ2v) is 4.13. The molecule has 0 spiro atoms. The second-order valence-electron chi connectivity index (χ2n) is 4.13. The van der Waals surface area contributed by atoms with Gasteiger partial charge in [0.15, 0.2) is 0 Å². The fraction of sp³-hybridized carbons (Fsp3) is 0.583. The van der Waals surface area contributed by atoms with Crippen molar-refractivity contribution in [3.8, 4) is 5.75 Å². The summed E-state index contributed by atoms with van der Waals surface area (Å²) in [5.74, 6) is 1.69. The number of anilines is 1. The van der Waals surface area contributed by atoms with Crippen LogP contribution in [-0.4, -0.2) is 30.8 Å². The highest BCUT2D eigenvalue weighted by molar-refractivity contribution is 5.38. The van der Waals surface area contributed by atoms with E-state index in [4.69, 9.17) is 9.47 Å². The molecule has 16 heavy (non-hydrogen) atoms. The van der Waals surface area contributed by atoms with Gasteiger partial charge in [-0.2, -0.15) is 0 Å². The van der Waals surface area contributed by atoms with Crippen LogP contribution in [-0.2, 0) is 4.74 Å². The molecule has 4 heteroatoms. The molecule has 0 amide bonds. The van der Waals surface area contributed by atoms with Crippen molar-refractivity contribution in [3.63, 3.8) is 0 Å². The number of pyridine rings is 1. The van der Waals surface area contributed by atoms with E-state index >= 15 is 0 Å². The Morgan fingerprint density at radius 3 is 3.00 bits per heavy atom. The fourth-order valence-corrected chi connectivity index (χ4v) is 1.92. The summed E-state index contributed by atoms with van der Waals surface area (Å²) >= 11 is 0. The van der Waals surface area contributed by atoms with Crippen molar-refractivity contribution in [1.29, 1.82) is 0 Å². The van der Waals surface area contributed by atoms with Crippen LogP contribution < -0.4 is 10.1 Å². The Balaban J connectivity index is 1.92. The van der Waals surface area contributed by atoms with Crippen LogP contribution in [0.4, 0.5) is 5.82 Å². The zero-order valence-electron chi connectivity index (χ0n) is 9.77. The summed E-state index contributed by atoms with van der Waals surface area (Å²) in [6.45, 7) is 2.93. The van der Waals surface area contributed by atoms with E-state index in [9.17, 15) is 0 Å². The monoisotopic (exact) mass is 222 g/mol. The van der Waals surface area contributed by atoms with Gasteiger partial charge in [0.1, 0.15) is 11.6 Å². The van der Waals surface area contributed by atoms with Crippen molar-refractivity contribution in [3.05, 3.63) is 18.3 Å². The maximum Gasteiger partial charge on any atom is 0.137 e. The third-order valence-corrected chi connectivity index (χ3v) is 2.81. The largest absolute Gasteiger partial charge is 0.495 e. The maximum atomic E-state index is 5.50. The molecular formula is C12H18N2O2. The van der Waals surface area contributed by atoms with Crippen molar-refractivity contribution < 1.29 is 9.47 Å². The Morgan fingerprint density at radius 1 is 1.50 bits per heavy atom. The highest BCUT2D eigenvalue weighted by atomic mass is 16.5. The van der Waals surface area contributed by atoms with Crippen LogP contribution in [0.5, 0.6) is 5.75 Å². The Bertz CT molecular complexity index is 326. The first-order chi connectivity index (χ1) is 7.78. The molecule has 1 aliphatic heterocycles. The summed E-state index contributed by atoms with van der Waals surface area (Å²) in [5.41, 5.74) is 0. The van der Waals surface area contributed by atoms with Crippen LogP contribution >= 0.6 is 0 Å². The van der Waals surface area contributed by atoms with Gasteiger partial charge in [-0.05, 0) is 31.9 Å². The molecule has 4 nitrogen and oxygen atoms in total. The van der Waals surface area contributed by atoms with Gasteiger partial charge in [0.25, 0.3) is 0 Å². The molecule has 2 atom stereocenters. The van der Waals surface area contributed by atoms with Crippen molar-refractivity contribution in [2.75, 3.05) is 19.0 Å². The number of ether oxygens (including phenoxy) is 2. The van der Waals surface area contributed by atoms with Crippen LogP contribution in [0.25, 0.3) is 0 Å². The minimum atomic E-state index is 0.337. The summed E-state index contributed by atoms with van der Waals surface area (Å²) in [7, 11) is 1.64. The molecule has 0 aliphatic carbocycles. The quantitative estimate of drug-likeness (QED) is 0.850. The van der Waals surface area contributed by atoms with Crippen molar-refractivity contribution in [2.45, 2.75) is 31.9 Å². The summed E-state index contributed by atoms with van der Waals surface area (Å²) in [4.78, 5) is 4.29. The van der Waals surface area contributed by atoms with Gasteiger partial charge in [0.2, 0.25) is 0 Å². The molecule has 1 aliphatic rings. The van der Waals surface area contributed by atoms with Crippen LogP contribution in [0.3, 0.4) is 0 Å². The minimum Gasteiger partial charge on any atom is -0.495 e. The average Bonchev–Trinajstić information content (AvgIpc) is 2.30. The lowest BCUT2D eigenvalue weighted by molar-refractivity contribution is 0.0232. The summed E-state index contributed by atoms with van der Waals surface area (Å²) in [6, 6.07) is 4.32.